The molecule has 1 heterocycles. The summed E-state index contributed by atoms with van der Waals surface area (Å²) in [5, 5.41) is 2.73. The van der Waals surface area contributed by atoms with E-state index in [-0.39, 0.29) is 10.8 Å². The number of nitrogens with one attached hydrogen (secondary N) is 1. The predicted octanol–water partition coefficient (Wildman–Crippen LogP) is 4.15. The quantitative estimate of drug-likeness (QED) is 0.656. The summed E-state index contributed by atoms with van der Waals surface area (Å²) >= 11 is 3.28. The van der Waals surface area contributed by atoms with Crippen LogP contribution in [-0.2, 0) is 26.0 Å². The first-order chi connectivity index (χ1) is 14.1. The second kappa shape index (κ2) is 8.89. The van der Waals surface area contributed by atoms with E-state index in [2.05, 4.69) is 21.2 Å². The number of hydrogen-bond acceptors (Lipinski definition) is 4. The van der Waals surface area contributed by atoms with E-state index in [1.807, 2.05) is 11.0 Å². The average molecular weight is 493 g/mol. The number of carbonyl (C=O) groups excluding carboxylic acids is 2. The Morgan fingerprint density at radius 1 is 1.13 bits per heavy atom. The third-order valence-electron chi connectivity index (χ3n) is 5.32. The van der Waals surface area contributed by atoms with E-state index in [1.165, 1.54) is 26.0 Å². The highest BCUT2D eigenvalue weighted by molar-refractivity contribution is 9.10. The number of sulfone groups is 1. The van der Waals surface area contributed by atoms with Gasteiger partial charge in [-0.05, 0) is 68.7 Å². The summed E-state index contributed by atoms with van der Waals surface area (Å²) in [4.78, 5) is 26.9. The van der Waals surface area contributed by atoms with Crippen LogP contribution in [-0.4, -0.2) is 36.4 Å². The third kappa shape index (κ3) is 4.75. The fraction of sp³-hybridized carbons (Fsp3) is 0.364. The molecule has 0 atom stereocenters. The fourth-order valence-electron chi connectivity index (χ4n) is 3.31. The second-order valence-corrected chi connectivity index (χ2v) is 11.3. The molecule has 6 nitrogen and oxygen atoms in total. The van der Waals surface area contributed by atoms with E-state index < -0.39 is 20.5 Å². The summed E-state index contributed by atoms with van der Waals surface area (Å²) in [5.41, 5.74) is 1.39. The first-order valence-corrected chi connectivity index (χ1v) is 12.1. The number of rotatable bonds is 6. The van der Waals surface area contributed by atoms with Gasteiger partial charge in [0.2, 0.25) is 11.8 Å². The summed E-state index contributed by atoms with van der Waals surface area (Å²) in [6, 6.07) is 13.4. The number of anilines is 1. The highest BCUT2D eigenvalue weighted by Gasteiger charge is 2.42. The lowest BCUT2D eigenvalue weighted by Crippen LogP contribution is -2.44. The molecule has 0 saturated carbocycles. The van der Waals surface area contributed by atoms with Crippen molar-refractivity contribution in [2.75, 3.05) is 11.9 Å². The van der Waals surface area contributed by atoms with E-state index in [9.17, 15) is 18.0 Å². The summed E-state index contributed by atoms with van der Waals surface area (Å²) in [6.07, 6.45) is 2.48. The van der Waals surface area contributed by atoms with E-state index in [4.69, 9.17) is 0 Å². The van der Waals surface area contributed by atoms with Crippen molar-refractivity contribution in [3.8, 4) is 0 Å². The van der Waals surface area contributed by atoms with Gasteiger partial charge in [0.15, 0.2) is 9.84 Å². The van der Waals surface area contributed by atoms with Gasteiger partial charge in [-0.2, -0.15) is 0 Å². The number of benzene rings is 2. The predicted molar refractivity (Wildman–Crippen MR) is 120 cm³/mol. The van der Waals surface area contributed by atoms with Crippen LogP contribution in [0.1, 0.15) is 38.7 Å². The molecule has 3 rings (SSSR count). The maximum Gasteiger partial charge on any atom is 0.245 e. The molecule has 30 heavy (non-hydrogen) atoms. The smallest absolute Gasteiger partial charge is 0.245 e. The van der Waals surface area contributed by atoms with Crippen LogP contribution in [0.2, 0.25) is 0 Å². The molecule has 1 aliphatic rings. The summed E-state index contributed by atoms with van der Waals surface area (Å²) in [7, 11) is -3.90. The Kier molecular flexibility index (Phi) is 6.67. The Morgan fingerprint density at radius 3 is 2.50 bits per heavy atom. The lowest BCUT2D eigenvalue weighted by atomic mass is 10.1. The van der Waals surface area contributed by atoms with Gasteiger partial charge in [0.1, 0.15) is 4.75 Å². The third-order valence-corrected chi connectivity index (χ3v) is 8.27. The van der Waals surface area contributed by atoms with Crippen molar-refractivity contribution < 1.29 is 18.0 Å². The molecule has 2 amide bonds. The summed E-state index contributed by atoms with van der Waals surface area (Å²) < 4.78 is 25.2. The molecular weight excluding hydrogens is 468 g/mol. The van der Waals surface area contributed by atoms with Gasteiger partial charge in [-0.1, -0.05) is 28.1 Å². The van der Waals surface area contributed by atoms with Gasteiger partial charge < -0.3 is 10.2 Å². The van der Waals surface area contributed by atoms with Crippen LogP contribution in [0, 0.1) is 0 Å². The Labute approximate surface area is 185 Å². The molecule has 1 fully saturated rings. The van der Waals surface area contributed by atoms with Crippen molar-refractivity contribution in [2.24, 2.45) is 0 Å². The molecule has 0 aromatic heterocycles. The molecular formula is C22H25BrN2O4S. The van der Waals surface area contributed by atoms with E-state index >= 15 is 0 Å². The van der Waals surface area contributed by atoms with Crippen molar-refractivity contribution in [1.29, 1.82) is 0 Å². The van der Waals surface area contributed by atoms with Gasteiger partial charge in [-0.3, -0.25) is 9.59 Å². The molecule has 1 N–H and O–H groups in total. The van der Waals surface area contributed by atoms with Gasteiger partial charge in [-0.25, -0.2) is 8.42 Å². The van der Waals surface area contributed by atoms with Crippen molar-refractivity contribution in [3.63, 3.8) is 0 Å². The van der Waals surface area contributed by atoms with E-state index in [1.54, 1.807) is 30.3 Å². The Morgan fingerprint density at radius 2 is 1.83 bits per heavy atom. The number of likely N-dealkylation sites (tertiary alicyclic amines) is 1. The molecule has 0 spiro atoms. The van der Waals surface area contributed by atoms with Crippen LogP contribution in [0.3, 0.4) is 0 Å². The van der Waals surface area contributed by atoms with Crippen LogP contribution in [0.4, 0.5) is 5.69 Å². The van der Waals surface area contributed by atoms with Gasteiger partial charge in [0, 0.05) is 29.7 Å². The minimum atomic E-state index is -3.90. The van der Waals surface area contributed by atoms with Gasteiger partial charge >= 0.3 is 0 Å². The minimum Gasteiger partial charge on any atom is -0.338 e. The minimum absolute atomic E-state index is 0.0863. The van der Waals surface area contributed by atoms with E-state index in [0.29, 0.717) is 18.7 Å². The molecule has 160 valence electrons. The number of hydrogen-bond donors (Lipinski definition) is 1. The summed E-state index contributed by atoms with van der Waals surface area (Å²) in [5.74, 6) is -0.478. The average Bonchev–Trinajstić information content (AvgIpc) is 2.70. The van der Waals surface area contributed by atoms with Crippen LogP contribution in [0.5, 0.6) is 0 Å². The fourth-order valence-corrected chi connectivity index (χ4v) is 4.95. The molecule has 1 saturated heterocycles. The number of carbonyl (C=O) groups is 2. The molecule has 0 radical (unpaired) electrons. The molecule has 8 heteroatoms. The van der Waals surface area contributed by atoms with Crippen LogP contribution < -0.4 is 5.32 Å². The SMILES string of the molecule is CC(C)(C(=O)Nc1cccc(CN2CCCCC2=O)c1)S(=O)(=O)c1ccc(Br)cc1. The van der Waals surface area contributed by atoms with Crippen molar-refractivity contribution in [1.82, 2.24) is 4.90 Å². The Bertz CT molecular complexity index is 1050. The maximum atomic E-state index is 13.0. The zero-order valence-electron chi connectivity index (χ0n) is 17.0. The first kappa shape index (κ1) is 22.5. The number of amides is 2. The standard InChI is InChI=1S/C22H25BrN2O4S/c1-22(2,30(28,29)19-11-9-17(23)10-12-19)21(27)24-18-7-5-6-16(14-18)15-25-13-4-3-8-20(25)26/h5-7,9-12,14H,3-4,8,13,15H2,1-2H3,(H,24,27). The van der Waals surface area contributed by atoms with Crippen LogP contribution in [0.15, 0.2) is 57.9 Å². The number of piperidine rings is 1. The molecule has 0 unspecified atom stereocenters. The number of halogens is 1. The molecule has 2 aromatic rings. The van der Waals surface area contributed by atoms with Crippen molar-refractivity contribution in [2.45, 2.75) is 49.3 Å². The van der Waals surface area contributed by atoms with Crippen molar-refractivity contribution >= 4 is 43.3 Å². The maximum absolute atomic E-state index is 13.0. The molecule has 2 aromatic carbocycles. The number of nitrogens with zero attached hydrogens (tertiary/aromatic N) is 1. The Balaban J connectivity index is 1.76. The van der Waals surface area contributed by atoms with Gasteiger partial charge in [0.05, 0.1) is 4.90 Å². The normalized spacial score (nSPS) is 15.2. The van der Waals surface area contributed by atoms with Crippen LogP contribution >= 0.6 is 15.9 Å². The van der Waals surface area contributed by atoms with E-state index in [0.717, 1.165) is 29.4 Å². The largest absolute Gasteiger partial charge is 0.338 e. The summed E-state index contributed by atoms with van der Waals surface area (Å²) in [6.45, 7) is 4.00. The first-order valence-electron chi connectivity index (χ1n) is 9.79. The molecule has 0 aliphatic carbocycles. The van der Waals surface area contributed by atoms with Gasteiger partial charge in [0.25, 0.3) is 0 Å². The lowest BCUT2D eigenvalue weighted by Gasteiger charge is -2.27. The zero-order valence-corrected chi connectivity index (χ0v) is 19.4. The topological polar surface area (TPSA) is 83.6 Å². The zero-order chi connectivity index (χ0) is 21.9. The second-order valence-electron chi connectivity index (χ2n) is 7.89. The lowest BCUT2D eigenvalue weighted by molar-refractivity contribution is -0.133. The monoisotopic (exact) mass is 492 g/mol. The molecule has 0 bridgehead atoms. The highest BCUT2D eigenvalue weighted by Crippen LogP contribution is 2.28. The van der Waals surface area contributed by atoms with Crippen molar-refractivity contribution in [3.05, 3.63) is 58.6 Å². The highest BCUT2D eigenvalue weighted by atomic mass is 79.9. The van der Waals surface area contributed by atoms with Gasteiger partial charge in [-0.15, -0.1) is 0 Å². The molecule has 1 aliphatic heterocycles. The Hall–Kier alpha value is -2.19. The van der Waals surface area contributed by atoms with Crippen LogP contribution in [0.25, 0.3) is 0 Å².